The zero-order valence-corrected chi connectivity index (χ0v) is 9.48. The normalized spacial score (nSPS) is 12.5. The Labute approximate surface area is 91.5 Å². The van der Waals surface area contributed by atoms with Crippen molar-refractivity contribution in [2.45, 2.75) is 18.9 Å². The number of nitrogens with two attached hydrogens (primary N) is 1. The molecule has 0 spiro atoms. The second-order valence-electron chi connectivity index (χ2n) is 4.04. The van der Waals surface area contributed by atoms with Crippen molar-refractivity contribution in [1.29, 1.82) is 0 Å². The molecular weight excluding hydrogens is 188 g/mol. The molecule has 1 rings (SSSR count). The van der Waals surface area contributed by atoms with Gasteiger partial charge in [-0.15, -0.1) is 0 Å². The Balaban J connectivity index is 2.50. The van der Waals surface area contributed by atoms with Crippen molar-refractivity contribution in [1.82, 2.24) is 0 Å². The Morgan fingerprint density at radius 3 is 2.33 bits per heavy atom. The van der Waals surface area contributed by atoms with Crippen molar-refractivity contribution in [2.75, 3.05) is 25.6 Å². The van der Waals surface area contributed by atoms with Gasteiger partial charge in [-0.05, 0) is 30.5 Å². The molecule has 15 heavy (non-hydrogen) atoms. The Kier molecular flexibility index (Phi) is 4.59. The number of hydrogen-bond donors (Lipinski definition) is 2. The van der Waals surface area contributed by atoms with Gasteiger partial charge in [0.25, 0.3) is 0 Å². The molecular formula is C12H20N2O. The summed E-state index contributed by atoms with van der Waals surface area (Å²) >= 11 is 0. The average molecular weight is 208 g/mol. The summed E-state index contributed by atoms with van der Waals surface area (Å²) in [7, 11) is 4.05. The summed E-state index contributed by atoms with van der Waals surface area (Å²) in [6.07, 6.45) is 1.76. The molecule has 3 heteroatoms. The van der Waals surface area contributed by atoms with Crippen LogP contribution in [0.1, 0.15) is 12.0 Å². The summed E-state index contributed by atoms with van der Waals surface area (Å²) in [4.78, 5) is 2.07. The predicted octanol–water partition coefficient (Wildman–Crippen LogP) is 1.00. The van der Waals surface area contributed by atoms with Gasteiger partial charge >= 0.3 is 0 Å². The highest BCUT2D eigenvalue weighted by Crippen LogP contribution is 2.13. The van der Waals surface area contributed by atoms with Crippen LogP contribution in [-0.4, -0.2) is 31.9 Å². The third-order valence-electron chi connectivity index (χ3n) is 2.49. The van der Waals surface area contributed by atoms with E-state index in [4.69, 9.17) is 10.8 Å². The second-order valence-corrected chi connectivity index (χ2v) is 4.04. The summed E-state index contributed by atoms with van der Waals surface area (Å²) in [5.41, 5.74) is 8.11. The van der Waals surface area contributed by atoms with Crippen molar-refractivity contribution in [3.63, 3.8) is 0 Å². The van der Waals surface area contributed by atoms with Crippen molar-refractivity contribution in [3.05, 3.63) is 29.8 Å². The van der Waals surface area contributed by atoms with Crippen LogP contribution in [0.5, 0.6) is 0 Å². The Bertz CT molecular complexity index is 282. The molecule has 0 aliphatic rings. The van der Waals surface area contributed by atoms with Gasteiger partial charge in [0.05, 0.1) is 6.61 Å². The standard InChI is InChI=1S/C12H20N2O/c1-14(2)12-7-4-10(5-8-12)3-6-11(13)9-15/h4-5,7-8,11,15H,3,6,9,13H2,1-2H3. The van der Waals surface area contributed by atoms with Gasteiger partial charge in [-0.25, -0.2) is 0 Å². The summed E-state index contributed by atoms with van der Waals surface area (Å²) in [6, 6.07) is 8.32. The largest absolute Gasteiger partial charge is 0.395 e. The van der Waals surface area contributed by atoms with E-state index < -0.39 is 0 Å². The van der Waals surface area contributed by atoms with Crippen molar-refractivity contribution in [3.8, 4) is 0 Å². The fraction of sp³-hybridized carbons (Fsp3) is 0.500. The molecule has 0 aromatic heterocycles. The third kappa shape index (κ3) is 3.90. The molecule has 1 unspecified atom stereocenters. The zero-order valence-electron chi connectivity index (χ0n) is 9.48. The molecule has 1 aromatic carbocycles. The van der Waals surface area contributed by atoms with Crippen LogP contribution >= 0.6 is 0 Å². The van der Waals surface area contributed by atoms with E-state index in [1.807, 2.05) is 14.1 Å². The molecule has 0 saturated carbocycles. The maximum Gasteiger partial charge on any atom is 0.0582 e. The average Bonchev–Trinajstić information content (AvgIpc) is 2.26. The fourth-order valence-corrected chi connectivity index (χ4v) is 1.40. The summed E-state index contributed by atoms with van der Waals surface area (Å²) in [5, 5.41) is 8.80. The minimum atomic E-state index is -0.0986. The molecule has 84 valence electrons. The van der Waals surface area contributed by atoms with Crippen LogP contribution in [0, 0.1) is 0 Å². The van der Waals surface area contributed by atoms with Gasteiger partial charge in [0, 0.05) is 25.8 Å². The lowest BCUT2D eigenvalue weighted by Gasteiger charge is -2.13. The van der Waals surface area contributed by atoms with E-state index in [0.29, 0.717) is 0 Å². The monoisotopic (exact) mass is 208 g/mol. The first-order valence-corrected chi connectivity index (χ1v) is 5.26. The van der Waals surface area contributed by atoms with Crippen LogP contribution in [-0.2, 0) is 6.42 Å². The number of anilines is 1. The first-order valence-electron chi connectivity index (χ1n) is 5.26. The fourth-order valence-electron chi connectivity index (χ4n) is 1.40. The summed E-state index contributed by atoms with van der Waals surface area (Å²) in [6.45, 7) is 0.0653. The maximum atomic E-state index is 8.80. The van der Waals surface area contributed by atoms with Crippen LogP contribution in [0.3, 0.4) is 0 Å². The van der Waals surface area contributed by atoms with Crippen molar-refractivity contribution in [2.24, 2.45) is 5.73 Å². The molecule has 0 fully saturated rings. The van der Waals surface area contributed by atoms with Crippen molar-refractivity contribution >= 4 is 5.69 Å². The van der Waals surface area contributed by atoms with E-state index in [-0.39, 0.29) is 12.6 Å². The second kappa shape index (κ2) is 5.73. The number of aryl methyl sites for hydroxylation is 1. The van der Waals surface area contributed by atoms with Gasteiger partial charge in [-0.1, -0.05) is 12.1 Å². The van der Waals surface area contributed by atoms with Gasteiger partial charge < -0.3 is 15.7 Å². The van der Waals surface area contributed by atoms with Crippen LogP contribution in [0.4, 0.5) is 5.69 Å². The minimum Gasteiger partial charge on any atom is -0.395 e. The molecule has 0 aliphatic carbocycles. The van der Waals surface area contributed by atoms with Crippen LogP contribution in [0.15, 0.2) is 24.3 Å². The van der Waals surface area contributed by atoms with Gasteiger partial charge in [-0.2, -0.15) is 0 Å². The van der Waals surface area contributed by atoms with Gasteiger partial charge in [0.1, 0.15) is 0 Å². The highest BCUT2D eigenvalue weighted by atomic mass is 16.3. The Hall–Kier alpha value is -1.06. The SMILES string of the molecule is CN(C)c1ccc(CCC(N)CO)cc1. The van der Waals surface area contributed by atoms with Crippen LogP contribution in [0.2, 0.25) is 0 Å². The topological polar surface area (TPSA) is 49.5 Å². The molecule has 3 N–H and O–H groups in total. The molecule has 1 aromatic rings. The summed E-state index contributed by atoms with van der Waals surface area (Å²) in [5.74, 6) is 0. The molecule has 0 saturated heterocycles. The quantitative estimate of drug-likeness (QED) is 0.759. The number of rotatable bonds is 5. The van der Waals surface area contributed by atoms with Crippen molar-refractivity contribution < 1.29 is 5.11 Å². The number of aliphatic hydroxyl groups is 1. The number of aliphatic hydroxyl groups excluding tert-OH is 1. The lowest BCUT2D eigenvalue weighted by molar-refractivity contribution is 0.260. The van der Waals surface area contributed by atoms with E-state index in [1.165, 1.54) is 11.3 Å². The zero-order chi connectivity index (χ0) is 11.3. The molecule has 0 aliphatic heterocycles. The van der Waals surface area contributed by atoms with E-state index in [9.17, 15) is 0 Å². The highest BCUT2D eigenvalue weighted by molar-refractivity contribution is 5.45. The first-order chi connectivity index (χ1) is 7.13. The summed E-state index contributed by atoms with van der Waals surface area (Å²) < 4.78 is 0. The van der Waals surface area contributed by atoms with Crippen LogP contribution in [0.25, 0.3) is 0 Å². The van der Waals surface area contributed by atoms with E-state index >= 15 is 0 Å². The Morgan fingerprint density at radius 2 is 1.87 bits per heavy atom. The Morgan fingerprint density at radius 1 is 1.27 bits per heavy atom. The van der Waals surface area contributed by atoms with E-state index in [2.05, 4.69) is 29.2 Å². The molecule has 0 heterocycles. The number of nitrogens with zero attached hydrogens (tertiary/aromatic N) is 1. The lowest BCUT2D eigenvalue weighted by atomic mass is 10.1. The number of benzene rings is 1. The first kappa shape index (κ1) is 12.0. The van der Waals surface area contributed by atoms with Crippen LogP contribution < -0.4 is 10.6 Å². The van der Waals surface area contributed by atoms with Gasteiger partial charge in [0.15, 0.2) is 0 Å². The maximum absolute atomic E-state index is 8.80. The smallest absolute Gasteiger partial charge is 0.0582 e. The molecule has 3 nitrogen and oxygen atoms in total. The highest BCUT2D eigenvalue weighted by Gasteiger charge is 2.01. The minimum absolute atomic E-state index is 0.0653. The number of hydrogen-bond acceptors (Lipinski definition) is 3. The lowest BCUT2D eigenvalue weighted by Crippen LogP contribution is -2.24. The van der Waals surface area contributed by atoms with E-state index in [1.54, 1.807) is 0 Å². The molecule has 0 bridgehead atoms. The molecule has 0 amide bonds. The third-order valence-corrected chi connectivity index (χ3v) is 2.49. The van der Waals surface area contributed by atoms with E-state index in [0.717, 1.165) is 12.8 Å². The molecule has 0 radical (unpaired) electrons. The van der Waals surface area contributed by atoms with Gasteiger partial charge in [-0.3, -0.25) is 0 Å². The van der Waals surface area contributed by atoms with Gasteiger partial charge in [0.2, 0.25) is 0 Å². The predicted molar refractivity (Wildman–Crippen MR) is 64.2 cm³/mol. The molecule has 1 atom stereocenters.